The molecule has 2 aliphatic rings. The molecular weight excluding hydrogens is 528 g/mol. The lowest BCUT2D eigenvalue weighted by Crippen LogP contribution is -2.08. The fourth-order valence-electron chi connectivity index (χ4n) is 6.80. The van der Waals surface area contributed by atoms with Gasteiger partial charge in [-0.3, -0.25) is 4.57 Å². The van der Waals surface area contributed by atoms with Crippen molar-refractivity contribution < 1.29 is 4.42 Å². The second-order valence-electron chi connectivity index (χ2n) is 11.3. The van der Waals surface area contributed by atoms with Crippen molar-refractivity contribution in [2.45, 2.75) is 25.7 Å². The Bertz CT molecular complexity index is 2240. The molecule has 0 amide bonds. The lowest BCUT2D eigenvalue weighted by atomic mass is 9.97. The molecule has 43 heavy (non-hydrogen) atoms. The maximum absolute atomic E-state index is 6.54. The number of aromatic nitrogens is 4. The van der Waals surface area contributed by atoms with Crippen molar-refractivity contribution >= 4 is 27.5 Å². The van der Waals surface area contributed by atoms with Gasteiger partial charge >= 0.3 is 0 Å². The molecule has 5 nitrogen and oxygen atoms in total. The van der Waals surface area contributed by atoms with Crippen molar-refractivity contribution in [3.63, 3.8) is 0 Å². The number of imidazole rings is 1. The van der Waals surface area contributed by atoms with Gasteiger partial charge in [0, 0.05) is 33.6 Å². The number of hydrogen-bond donors (Lipinski definition) is 0. The number of aryl methyl sites for hydroxylation is 1. The van der Waals surface area contributed by atoms with Gasteiger partial charge in [-0.15, -0.1) is 0 Å². The summed E-state index contributed by atoms with van der Waals surface area (Å²) < 4.78 is 11.3. The number of fused-ring (bicyclic) bond motifs is 6. The standard InChI is InChI=1S/C38H28N4O/c1-3-12-25(13-4-1)37-39-30-19-8-10-21-33(30)42(37)28-17-11-16-27(24-28)41-32-20-9-7-18-29(32)35-34(41)23-22-31-36(35)43-38(40-31)26-14-5-2-6-15-26/h1-3,5-12,14-21,24H,4,13,22-23H2. The minimum Gasteiger partial charge on any atom is -0.436 e. The van der Waals surface area contributed by atoms with E-state index in [1.165, 1.54) is 22.2 Å². The molecule has 3 aromatic heterocycles. The molecule has 0 fully saturated rings. The minimum atomic E-state index is 0.684. The average molecular weight is 557 g/mol. The van der Waals surface area contributed by atoms with Crippen molar-refractivity contribution in [1.82, 2.24) is 19.1 Å². The summed E-state index contributed by atoms with van der Waals surface area (Å²) in [7, 11) is 0. The van der Waals surface area contributed by atoms with Crippen LogP contribution in [0.25, 0.3) is 61.7 Å². The van der Waals surface area contributed by atoms with Crippen molar-refractivity contribution in [3.05, 3.63) is 139 Å². The van der Waals surface area contributed by atoms with E-state index >= 15 is 0 Å². The van der Waals surface area contributed by atoms with Crippen LogP contribution in [0.3, 0.4) is 0 Å². The van der Waals surface area contributed by atoms with Crippen LogP contribution < -0.4 is 0 Å². The molecule has 0 saturated heterocycles. The van der Waals surface area contributed by atoms with E-state index < -0.39 is 0 Å². The highest BCUT2D eigenvalue weighted by Gasteiger charge is 2.30. The second kappa shape index (κ2) is 9.57. The zero-order valence-electron chi connectivity index (χ0n) is 23.6. The van der Waals surface area contributed by atoms with Crippen LogP contribution in [0.5, 0.6) is 0 Å². The Labute approximate surface area is 249 Å². The molecular formula is C38H28N4O. The van der Waals surface area contributed by atoms with Crippen molar-refractivity contribution in [1.29, 1.82) is 0 Å². The third kappa shape index (κ3) is 3.78. The van der Waals surface area contributed by atoms with Crippen LogP contribution in [-0.2, 0) is 12.8 Å². The monoisotopic (exact) mass is 556 g/mol. The van der Waals surface area contributed by atoms with E-state index in [4.69, 9.17) is 14.4 Å². The fraction of sp³-hybridized carbons (Fsp3) is 0.105. The summed E-state index contributed by atoms with van der Waals surface area (Å²) in [6, 6.07) is 36.1. The van der Waals surface area contributed by atoms with E-state index in [2.05, 4.69) is 112 Å². The summed E-state index contributed by atoms with van der Waals surface area (Å²) >= 11 is 0. The first-order valence-electron chi connectivity index (χ1n) is 15.0. The summed E-state index contributed by atoms with van der Waals surface area (Å²) in [5, 5.41) is 1.19. The molecule has 0 spiro atoms. The second-order valence-corrected chi connectivity index (χ2v) is 11.3. The van der Waals surface area contributed by atoms with Crippen LogP contribution in [0.15, 0.2) is 126 Å². The Kier molecular flexibility index (Phi) is 5.38. The molecule has 0 atom stereocenters. The predicted octanol–water partition coefficient (Wildman–Crippen LogP) is 9.12. The molecule has 0 aliphatic heterocycles. The highest BCUT2D eigenvalue weighted by Crippen LogP contribution is 2.44. The predicted molar refractivity (Wildman–Crippen MR) is 173 cm³/mol. The van der Waals surface area contributed by atoms with Crippen molar-refractivity contribution in [2.24, 2.45) is 0 Å². The Morgan fingerprint density at radius 1 is 0.674 bits per heavy atom. The van der Waals surface area contributed by atoms with Gasteiger partial charge in [0.05, 0.1) is 22.2 Å². The Hall–Kier alpha value is -5.42. The number of oxazole rings is 1. The van der Waals surface area contributed by atoms with Gasteiger partial charge in [-0.1, -0.05) is 72.8 Å². The van der Waals surface area contributed by atoms with E-state index in [1.54, 1.807) is 0 Å². The normalized spacial score (nSPS) is 14.2. The molecule has 0 radical (unpaired) electrons. The third-order valence-electron chi connectivity index (χ3n) is 8.72. The Morgan fingerprint density at radius 3 is 2.33 bits per heavy atom. The minimum absolute atomic E-state index is 0.684. The van der Waals surface area contributed by atoms with Crippen molar-refractivity contribution in [2.75, 3.05) is 0 Å². The van der Waals surface area contributed by atoms with Crippen LogP contribution in [-0.4, -0.2) is 19.1 Å². The summed E-state index contributed by atoms with van der Waals surface area (Å²) in [5.41, 5.74) is 11.2. The van der Waals surface area contributed by atoms with E-state index in [0.29, 0.717) is 5.89 Å². The smallest absolute Gasteiger partial charge is 0.227 e. The molecule has 2 aliphatic carbocycles. The first-order valence-corrected chi connectivity index (χ1v) is 15.0. The largest absolute Gasteiger partial charge is 0.436 e. The summed E-state index contributed by atoms with van der Waals surface area (Å²) in [6.45, 7) is 0. The number of hydrogen-bond acceptors (Lipinski definition) is 3. The zero-order chi connectivity index (χ0) is 28.3. The molecule has 0 unspecified atom stereocenters. The SMILES string of the molecule is C1=CCCC(c2nc3ccccc3n2-c2cccc(-n3c4c(c5ccccc53)-c3oc(-c5ccccc5)nc3CC4)c2)=C1. The molecule has 0 bridgehead atoms. The molecule has 0 N–H and O–H groups in total. The summed E-state index contributed by atoms with van der Waals surface area (Å²) in [4.78, 5) is 10.1. The van der Waals surface area contributed by atoms with E-state index in [0.717, 1.165) is 76.5 Å². The molecule has 4 aromatic carbocycles. The summed E-state index contributed by atoms with van der Waals surface area (Å²) in [5.74, 6) is 2.59. The first-order chi connectivity index (χ1) is 21.3. The molecule has 7 aromatic rings. The van der Waals surface area contributed by atoms with E-state index in [1.807, 2.05) is 18.2 Å². The van der Waals surface area contributed by atoms with Crippen molar-refractivity contribution in [3.8, 4) is 34.2 Å². The molecule has 3 heterocycles. The third-order valence-corrected chi connectivity index (χ3v) is 8.72. The zero-order valence-corrected chi connectivity index (χ0v) is 23.6. The highest BCUT2D eigenvalue weighted by molar-refractivity contribution is 5.99. The van der Waals surface area contributed by atoms with Gasteiger partial charge in [0.2, 0.25) is 5.89 Å². The molecule has 5 heteroatoms. The van der Waals surface area contributed by atoms with Crippen LogP contribution in [0.1, 0.15) is 30.1 Å². The molecule has 206 valence electrons. The quantitative estimate of drug-likeness (QED) is 0.217. The average Bonchev–Trinajstić information content (AvgIpc) is 3.77. The number of allylic oxidation sites excluding steroid dienone is 4. The summed E-state index contributed by atoms with van der Waals surface area (Å²) in [6.07, 6.45) is 10.3. The van der Waals surface area contributed by atoms with Gasteiger partial charge in [0.15, 0.2) is 5.76 Å². The topological polar surface area (TPSA) is 48.8 Å². The van der Waals surface area contributed by atoms with E-state index in [9.17, 15) is 0 Å². The lowest BCUT2D eigenvalue weighted by Gasteiger charge is -2.17. The molecule has 9 rings (SSSR count). The van der Waals surface area contributed by atoms with Gasteiger partial charge in [-0.2, -0.15) is 0 Å². The van der Waals surface area contributed by atoms with Crippen LogP contribution >= 0.6 is 0 Å². The van der Waals surface area contributed by atoms with Gasteiger partial charge in [0.25, 0.3) is 0 Å². The van der Waals surface area contributed by atoms with Crippen LogP contribution in [0, 0.1) is 0 Å². The number of rotatable bonds is 4. The van der Waals surface area contributed by atoms with Gasteiger partial charge in [-0.25, -0.2) is 9.97 Å². The van der Waals surface area contributed by atoms with Crippen LogP contribution in [0.4, 0.5) is 0 Å². The van der Waals surface area contributed by atoms with Gasteiger partial charge in [-0.05, 0) is 79.8 Å². The Balaban J connectivity index is 1.24. The Morgan fingerprint density at radius 2 is 1.47 bits per heavy atom. The van der Waals surface area contributed by atoms with Crippen LogP contribution in [0.2, 0.25) is 0 Å². The fourth-order valence-corrected chi connectivity index (χ4v) is 6.80. The number of nitrogens with zero attached hydrogens (tertiary/aromatic N) is 4. The number of benzene rings is 4. The first kappa shape index (κ1) is 24.2. The maximum Gasteiger partial charge on any atom is 0.227 e. The highest BCUT2D eigenvalue weighted by atomic mass is 16.4. The lowest BCUT2D eigenvalue weighted by molar-refractivity contribution is 0.584. The van der Waals surface area contributed by atoms with Gasteiger partial charge < -0.3 is 8.98 Å². The maximum atomic E-state index is 6.54. The molecule has 0 saturated carbocycles. The van der Waals surface area contributed by atoms with E-state index in [-0.39, 0.29) is 0 Å². The number of para-hydroxylation sites is 3. The van der Waals surface area contributed by atoms with Gasteiger partial charge in [0.1, 0.15) is 5.82 Å².